The van der Waals surface area contributed by atoms with Crippen LogP contribution in [-0.4, -0.2) is 24.0 Å². The Kier molecular flexibility index (Phi) is 5.94. The van der Waals surface area contributed by atoms with Gasteiger partial charge in [0.15, 0.2) is 5.78 Å². The van der Waals surface area contributed by atoms with Crippen LogP contribution in [0, 0.1) is 13.8 Å². The molecule has 1 amide bonds. The highest BCUT2D eigenvalue weighted by molar-refractivity contribution is 5.96. The number of hydrogen-bond donors (Lipinski definition) is 1. The van der Waals surface area contributed by atoms with Crippen LogP contribution in [0.1, 0.15) is 55.1 Å². The van der Waals surface area contributed by atoms with E-state index < -0.39 is 11.7 Å². The summed E-state index contributed by atoms with van der Waals surface area (Å²) in [5, 5.41) is 2.66. The van der Waals surface area contributed by atoms with Crippen molar-refractivity contribution in [3.63, 3.8) is 0 Å². The maximum atomic E-state index is 12.1. The van der Waals surface area contributed by atoms with Crippen LogP contribution >= 0.6 is 0 Å². The van der Waals surface area contributed by atoms with Crippen LogP contribution in [0.3, 0.4) is 0 Å². The number of carbonyl (C=O) groups is 2. The normalized spacial score (nSPS) is 11.1. The molecule has 116 valence electrons. The van der Waals surface area contributed by atoms with Gasteiger partial charge in [0.1, 0.15) is 5.60 Å². The van der Waals surface area contributed by atoms with E-state index >= 15 is 0 Å². The molecule has 0 bridgehead atoms. The molecule has 0 aromatic heterocycles. The van der Waals surface area contributed by atoms with E-state index in [0.29, 0.717) is 19.4 Å². The number of rotatable bonds is 5. The fourth-order valence-electron chi connectivity index (χ4n) is 2.03. The van der Waals surface area contributed by atoms with E-state index in [1.54, 1.807) is 0 Å². The first-order valence-electron chi connectivity index (χ1n) is 7.26. The van der Waals surface area contributed by atoms with Gasteiger partial charge in [-0.15, -0.1) is 0 Å². The van der Waals surface area contributed by atoms with E-state index in [-0.39, 0.29) is 5.78 Å². The number of amides is 1. The predicted molar refractivity (Wildman–Crippen MR) is 83.7 cm³/mol. The topological polar surface area (TPSA) is 55.4 Å². The highest BCUT2D eigenvalue weighted by atomic mass is 16.6. The Morgan fingerprint density at radius 2 is 1.67 bits per heavy atom. The van der Waals surface area contributed by atoms with Gasteiger partial charge in [-0.05, 0) is 53.2 Å². The van der Waals surface area contributed by atoms with Crippen molar-refractivity contribution in [3.8, 4) is 0 Å². The molecular weight excluding hydrogens is 266 g/mol. The summed E-state index contributed by atoms with van der Waals surface area (Å²) in [6.45, 7) is 9.84. The Balaban J connectivity index is 2.36. The van der Waals surface area contributed by atoms with Crippen molar-refractivity contribution in [1.82, 2.24) is 5.32 Å². The van der Waals surface area contributed by atoms with Crippen molar-refractivity contribution in [2.45, 2.75) is 53.1 Å². The van der Waals surface area contributed by atoms with E-state index in [1.807, 2.05) is 52.8 Å². The maximum absolute atomic E-state index is 12.1. The van der Waals surface area contributed by atoms with Gasteiger partial charge in [-0.2, -0.15) is 0 Å². The third-order valence-electron chi connectivity index (χ3n) is 2.79. The van der Waals surface area contributed by atoms with Crippen LogP contribution in [-0.2, 0) is 4.74 Å². The first-order chi connectivity index (χ1) is 9.67. The van der Waals surface area contributed by atoms with Crippen LogP contribution < -0.4 is 5.32 Å². The van der Waals surface area contributed by atoms with Crippen molar-refractivity contribution >= 4 is 11.9 Å². The van der Waals surface area contributed by atoms with Crippen LogP contribution in [0.2, 0.25) is 0 Å². The van der Waals surface area contributed by atoms with Crippen molar-refractivity contribution in [2.75, 3.05) is 6.54 Å². The van der Waals surface area contributed by atoms with E-state index in [4.69, 9.17) is 4.74 Å². The van der Waals surface area contributed by atoms with Crippen molar-refractivity contribution < 1.29 is 14.3 Å². The van der Waals surface area contributed by atoms with Crippen molar-refractivity contribution in [1.29, 1.82) is 0 Å². The predicted octanol–water partition coefficient (Wildman–Crippen LogP) is 3.79. The Hall–Kier alpha value is -1.84. The third-order valence-corrected chi connectivity index (χ3v) is 2.79. The van der Waals surface area contributed by atoms with Crippen LogP contribution in [0.4, 0.5) is 4.79 Å². The summed E-state index contributed by atoms with van der Waals surface area (Å²) in [7, 11) is 0. The molecule has 21 heavy (non-hydrogen) atoms. The summed E-state index contributed by atoms with van der Waals surface area (Å²) in [5.74, 6) is 0.104. The molecule has 1 N–H and O–H groups in total. The molecule has 1 rings (SSSR count). The molecule has 0 atom stereocenters. The van der Waals surface area contributed by atoms with E-state index in [0.717, 1.165) is 16.7 Å². The molecule has 0 fully saturated rings. The second kappa shape index (κ2) is 7.25. The third kappa shape index (κ3) is 6.93. The van der Waals surface area contributed by atoms with Gasteiger partial charge in [-0.25, -0.2) is 4.79 Å². The van der Waals surface area contributed by atoms with Gasteiger partial charge in [-0.1, -0.05) is 17.2 Å². The molecular formula is C17H25NO3. The average Bonchev–Trinajstić information content (AvgIpc) is 2.31. The second-order valence-corrected chi connectivity index (χ2v) is 6.33. The molecule has 0 spiro atoms. The summed E-state index contributed by atoms with van der Waals surface area (Å²) < 4.78 is 5.13. The fourth-order valence-corrected chi connectivity index (χ4v) is 2.03. The number of Topliss-reactive ketones (excluding diaryl/α,β-unsaturated/α-hetero) is 1. The monoisotopic (exact) mass is 291 g/mol. The lowest BCUT2D eigenvalue weighted by atomic mass is 10.0. The Bertz CT molecular complexity index is 495. The maximum Gasteiger partial charge on any atom is 0.407 e. The quantitative estimate of drug-likeness (QED) is 0.663. The second-order valence-electron chi connectivity index (χ2n) is 6.33. The number of benzene rings is 1. The first kappa shape index (κ1) is 17.2. The number of ketones is 1. The molecule has 0 aliphatic rings. The minimum atomic E-state index is -0.501. The minimum absolute atomic E-state index is 0.104. The molecule has 0 saturated heterocycles. The molecule has 0 aliphatic carbocycles. The molecule has 1 aromatic rings. The van der Waals surface area contributed by atoms with E-state index in [2.05, 4.69) is 5.32 Å². The van der Waals surface area contributed by atoms with Gasteiger partial charge in [0.25, 0.3) is 0 Å². The van der Waals surface area contributed by atoms with Gasteiger partial charge in [0.05, 0.1) is 0 Å². The Morgan fingerprint density at radius 1 is 1.10 bits per heavy atom. The number of aryl methyl sites for hydroxylation is 2. The zero-order valence-electron chi connectivity index (χ0n) is 13.6. The molecule has 0 radical (unpaired) electrons. The van der Waals surface area contributed by atoms with Crippen molar-refractivity contribution in [3.05, 3.63) is 34.9 Å². The molecule has 4 heteroatoms. The summed E-state index contributed by atoms with van der Waals surface area (Å²) in [4.78, 5) is 23.5. The fraction of sp³-hybridized carbons (Fsp3) is 0.529. The summed E-state index contributed by atoms with van der Waals surface area (Å²) >= 11 is 0. The lowest BCUT2D eigenvalue weighted by molar-refractivity contribution is 0.0525. The van der Waals surface area contributed by atoms with Crippen LogP contribution in [0.25, 0.3) is 0 Å². The molecule has 1 aromatic carbocycles. The standard InChI is InChI=1S/C17H25NO3/c1-12-9-13(2)11-14(10-12)15(19)7-6-8-18-16(20)21-17(3,4)5/h9-11H,6-8H2,1-5H3,(H,18,20). The SMILES string of the molecule is Cc1cc(C)cc(C(=O)CCCNC(=O)OC(C)(C)C)c1. The van der Waals surface area contributed by atoms with Gasteiger partial charge < -0.3 is 10.1 Å². The zero-order valence-corrected chi connectivity index (χ0v) is 13.6. The number of alkyl carbamates (subject to hydrolysis) is 1. The lowest BCUT2D eigenvalue weighted by Crippen LogP contribution is -2.33. The van der Waals surface area contributed by atoms with Gasteiger partial charge in [0.2, 0.25) is 0 Å². The highest BCUT2D eigenvalue weighted by Gasteiger charge is 2.15. The molecule has 0 aliphatic heterocycles. The molecule has 4 nitrogen and oxygen atoms in total. The number of carbonyl (C=O) groups excluding carboxylic acids is 2. The van der Waals surface area contributed by atoms with Gasteiger partial charge in [-0.3, -0.25) is 4.79 Å². The van der Waals surface area contributed by atoms with Crippen LogP contribution in [0.5, 0.6) is 0 Å². The van der Waals surface area contributed by atoms with Gasteiger partial charge >= 0.3 is 6.09 Å². The van der Waals surface area contributed by atoms with Crippen molar-refractivity contribution in [2.24, 2.45) is 0 Å². The smallest absolute Gasteiger partial charge is 0.407 e. The van der Waals surface area contributed by atoms with E-state index in [9.17, 15) is 9.59 Å². The average molecular weight is 291 g/mol. The largest absolute Gasteiger partial charge is 0.444 e. The number of nitrogens with one attached hydrogen (secondary N) is 1. The van der Waals surface area contributed by atoms with Gasteiger partial charge in [0, 0.05) is 18.5 Å². The molecule has 0 saturated carbocycles. The lowest BCUT2D eigenvalue weighted by Gasteiger charge is -2.19. The summed E-state index contributed by atoms with van der Waals surface area (Å²) in [6, 6.07) is 5.84. The minimum Gasteiger partial charge on any atom is -0.444 e. The van der Waals surface area contributed by atoms with E-state index in [1.165, 1.54) is 0 Å². The molecule has 0 heterocycles. The Labute approximate surface area is 126 Å². The Morgan fingerprint density at radius 3 is 2.19 bits per heavy atom. The highest BCUT2D eigenvalue weighted by Crippen LogP contribution is 2.12. The molecule has 0 unspecified atom stereocenters. The number of ether oxygens (including phenoxy) is 1. The number of hydrogen-bond acceptors (Lipinski definition) is 3. The first-order valence-corrected chi connectivity index (χ1v) is 7.26. The summed E-state index contributed by atoms with van der Waals surface area (Å²) in [5.41, 5.74) is 2.42. The summed E-state index contributed by atoms with van der Waals surface area (Å²) in [6.07, 6.45) is 0.574. The van der Waals surface area contributed by atoms with Crippen LogP contribution in [0.15, 0.2) is 18.2 Å². The zero-order chi connectivity index (χ0) is 16.0.